The van der Waals surface area contributed by atoms with Crippen LogP contribution >= 0.6 is 11.8 Å². The number of aromatic nitrogens is 1. The van der Waals surface area contributed by atoms with Gasteiger partial charge in [-0.25, -0.2) is 4.39 Å². The minimum absolute atomic E-state index is 0.0808. The van der Waals surface area contributed by atoms with Crippen molar-refractivity contribution in [2.75, 3.05) is 13.1 Å². The first-order chi connectivity index (χ1) is 16.5. The minimum Gasteiger partial charge on any atom is -0.341 e. The van der Waals surface area contributed by atoms with Gasteiger partial charge in [0.15, 0.2) is 0 Å². The zero-order valence-electron chi connectivity index (χ0n) is 18.6. The van der Waals surface area contributed by atoms with Crippen molar-refractivity contribution in [3.63, 3.8) is 0 Å². The Morgan fingerprint density at radius 2 is 1.74 bits per heavy atom. The van der Waals surface area contributed by atoms with Crippen molar-refractivity contribution in [3.8, 4) is 0 Å². The topological polar surface area (TPSA) is 62.6 Å². The van der Waals surface area contributed by atoms with Crippen LogP contribution in [-0.4, -0.2) is 44.5 Å². The molecule has 0 aliphatic carbocycles. The van der Waals surface area contributed by atoms with Gasteiger partial charge in [-0.05, 0) is 49.2 Å². The number of nitrogens with zero attached hydrogens (tertiary/aromatic N) is 3. The lowest BCUT2D eigenvalue weighted by Crippen LogP contribution is -2.37. The highest BCUT2D eigenvalue weighted by Crippen LogP contribution is 2.35. The Labute approximate surface area is 201 Å². The number of fused-ring (bicyclic) bond motifs is 1. The number of carbonyl (C=O) groups excluding carboxylic acids is 3. The number of likely N-dealkylation sites (tertiary alicyclic amines) is 1. The molecule has 2 fully saturated rings. The fourth-order valence-electron chi connectivity index (χ4n) is 4.48. The molecule has 1 aromatic heterocycles. The Bertz CT molecular complexity index is 1310. The van der Waals surface area contributed by atoms with Gasteiger partial charge in [-0.2, -0.15) is 0 Å². The zero-order valence-corrected chi connectivity index (χ0v) is 19.4. The van der Waals surface area contributed by atoms with Crippen molar-refractivity contribution >= 4 is 45.8 Å². The van der Waals surface area contributed by atoms with E-state index in [0.717, 1.165) is 65.5 Å². The van der Waals surface area contributed by atoms with Gasteiger partial charge in [0.2, 0.25) is 5.91 Å². The van der Waals surface area contributed by atoms with Crippen LogP contribution in [0.4, 0.5) is 9.18 Å². The summed E-state index contributed by atoms with van der Waals surface area (Å²) in [4.78, 5) is 41.6. The first-order valence-electron chi connectivity index (χ1n) is 11.4. The Morgan fingerprint density at radius 3 is 2.53 bits per heavy atom. The maximum absolute atomic E-state index is 14.1. The molecule has 0 unspecified atom stereocenters. The summed E-state index contributed by atoms with van der Waals surface area (Å²) in [5, 5.41) is 0.471. The van der Waals surface area contributed by atoms with E-state index in [1.54, 1.807) is 24.3 Å². The largest absolute Gasteiger partial charge is 0.341 e. The summed E-state index contributed by atoms with van der Waals surface area (Å²) in [6.45, 7) is 1.70. The van der Waals surface area contributed by atoms with E-state index < -0.39 is 17.0 Å². The van der Waals surface area contributed by atoms with Crippen LogP contribution in [0.1, 0.15) is 30.4 Å². The normalized spacial score (nSPS) is 17.9. The summed E-state index contributed by atoms with van der Waals surface area (Å²) in [7, 11) is 0. The summed E-state index contributed by atoms with van der Waals surface area (Å²) in [6.07, 6.45) is 6.78. The average Bonchev–Trinajstić information content (AvgIpc) is 3.33. The molecule has 0 atom stereocenters. The van der Waals surface area contributed by atoms with Crippen molar-refractivity contribution in [2.45, 2.75) is 32.4 Å². The molecule has 0 radical (unpaired) electrons. The standard InChI is InChI=1S/C26H24FN3O3S/c27-21-10-4-2-8-18(21)16-30-25(32)23(34-26(30)33)14-19-15-29(22-11-5-3-9-20(19)22)17-24(31)28-12-6-1-7-13-28/h2-5,8-11,14-15H,1,6-7,12-13,16-17H2/b23-14-. The second-order valence-corrected chi connectivity index (χ2v) is 9.52. The monoisotopic (exact) mass is 477 g/mol. The third-order valence-corrected chi connectivity index (χ3v) is 7.19. The van der Waals surface area contributed by atoms with E-state index in [-0.39, 0.29) is 23.9 Å². The Balaban J connectivity index is 1.41. The van der Waals surface area contributed by atoms with Gasteiger partial charge in [0, 0.05) is 41.3 Å². The van der Waals surface area contributed by atoms with E-state index in [1.165, 1.54) is 6.07 Å². The molecule has 6 nitrogen and oxygen atoms in total. The van der Waals surface area contributed by atoms with Crippen molar-refractivity contribution in [1.82, 2.24) is 14.4 Å². The average molecular weight is 478 g/mol. The van der Waals surface area contributed by atoms with Crippen molar-refractivity contribution in [1.29, 1.82) is 0 Å². The van der Waals surface area contributed by atoms with Gasteiger partial charge >= 0.3 is 0 Å². The maximum atomic E-state index is 14.1. The van der Waals surface area contributed by atoms with Crippen molar-refractivity contribution in [3.05, 3.63) is 76.6 Å². The van der Waals surface area contributed by atoms with Gasteiger partial charge in [-0.15, -0.1) is 0 Å². The number of thioether (sulfide) groups is 1. The SMILES string of the molecule is O=C(Cn1cc(/C=C2\SC(=O)N(Cc3ccccc3F)C2=O)c2ccccc21)N1CCCCC1. The van der Waals surface area contributed by atoms with Crippen molar-refractivity contribution < 1.29 is 18.8 Å². The number of piperidine rings is 1. The van der Waals surface area contributed by atoms with Gasteiger partial charge in [-0.1, -0.05) is 36.4 Å². The van der Waals surface area contributed by atoms with Crippen LogP contribution in [-0.2, 0) is 22.7 Å². The molecule has 2 saturated heterocycles. The number of hydrogen-bond donors (Lipinski definition) is 0. The maximum Gasteiger partial charge on any atom is 0.293 e. The molecule has 0 saturated carbocycles. The molecule has 2 aliphatic heterocycles. The number of hydrogen-bond acceptors (Lipinski definition) is 4. The Kier molecular flexibility index (Phi) is 6.24. The molecular weight excluding hydrogens is 453 g/mol. The fourth-order valence-corrected chi connectivity index (χ4v) is 5.31. The van der Waals surface area contributed by atoms with Crippen LogP contribution in [0.25, 0.3) is 17.0 Å². The lowest BCUT2D eigenvalue weighted by molar-refractivity contribution is -0.132. The van der Waals surface area contributed by atoms with Crippen LogP contribution in [0.3, 0.4) is 0 Å². The predicted octanol–water partition coefficient (Wildman–Crippen LogP) is 5.03. The lowest BCUT2D eigenvalue weighted by atomic mass is 10.1. The number of para-hydroxylation sites is 1. The van der Waals surface area contributed by atoms with Gasteiger partial charge in [0.25, 0.3) is 11.1 Å². The molecule has 5 rings (SSSR count). The second-order valence-electron chi connectivity index (χ2n) is 8.53. The van der Waals surface area contributed by atoms with E-state index in [4.69, 9.17) is 0 Å². The minimum atomic E-state index is -0.452. The molecule has 3 aromatic rings. The number of rotatable bonds is 5. The zero-order chi connectivity index (χ0) is 23.7. The summed E-state index contributed by atoms with van der Waals surface area (Å²) >= 11 is 0.848. The fraction of sp³-hybridized carbons (Fsp3) is 0.269. The Morgan fingerprint density at radius 1 is 1.00 bits per heavy atom. The lowest BCUT2D eigenvalue weighted by Gasteiger charge is -2.27. The van der Waals surface area contributed by atoms with Gasteiger partial charge in [0.05, 0.1) is 11.4 Å². The first-order valence-corrected chi connectivity index (χ1v) is 12.2. The van der Waals surface area contributed by atoms with Crippen molar-refractivity contribution in [2.24, 2.45) is 0 Å². The van der Waals surface area contributed by atoms with Gasteiger partial charge in [-0.3, -0.25) is 19.3 Å². The van der Waals surface area contributed by atoms with Crippen LogP contribution in [0.2, 0.25) is 0 Å². The first kappa shape index (κ1) is 22.4. The third kappa shape index (κ3) is 4.37. The molecule has 2 aromatic carbocycles. The van der Waals surface area contributed by atoms with E-state index in [1.807, 2.05) is 39.9 Å². The molecule has 3 amide bonds. The number of carbonyl (C=O) groups is 3. The molecule has 3 heterocycles. The Hall–Kier alpha value is -3.39. The van der Waals surface area contributed by atoms with Gasteiger partial charge in [0.1, 0.15) is 12.4 Å². The highest BCUT2D eigenvalue weighted by Gasteiger charge is 2.35. The van der Waals surface area contributed by atoms with E-state index >= 15 is 0 Å². The molecule has 8 heteroatoms. The molecular formula is C26H24FN3O3S. The number of amides is 3. The molecule has 34 heavy (non-hydrogen) atoms. The molecule has 0 bridgehead atoms. The molecule has 0 N–H and O–H groups in total. The number of halogens is 1. The summed E-state index contributed by atoms with van der Waals surface area (Å²) in [6, 6.07) is 13.8. The summed E-state index contributed by atoms with van der Waals surface area (Å²) in [5.41, 5.74) is 1.95. The summed E-state index contributed by atoms with van der Waals surface area (Å²) in [5.74, 6) is -0.816. The van der Waals surface area contributed by atoms with Crippen LogP contribution in [0.5, 0.6) is 0 Å². The molecule has 2 aliphatic rings. The summed E-state index contributed by atoms with van der Waals surface area (Å²) < 4.78 is 16.0. The smallest absolute Gasteiger partial charge is 0.293 e. The van der Waals surface area contributed by atoms with Crippen LogP contribution < -0.4 is 0 Å². The number of imide groups is 1. The van der Waals surface area contributed by atoms with Gasteiger partial charge < -0.3 is 9.47 Å². The van der Waals surface area contributed by atoms with E-state index in [9.17, 15) is 18.8 Å². The third-order valence-electron chi connectivity index (χ3n) is 6.28. The predicted molar refractivity (Wildman–Crippen MR) is 130 cm³/mol. The molecule has 0 spiro atoms. The van der Waals surface area contributed by atoms with Crippen LogP contribution in [0.15, 0.2) is 59.6 Å². The number of benzene rings is 2. The molecule has 174 valence electrons. The van der Waals surface area contributed by atoms with E-state index in [0.29, 0.717) is 5.56 Å². The van der Waals surface area contributed by atoms with Crippen LogP contribution in [0, 0.1) is 5.82 Å². The van der Waals surface area contributed by atoms with E-state index in [2.05, 4.69) is 0 Å². The second kappa shape index (κ2) is 9.46. The highest BCUT2D eigenvalue weighted by molar-refractivity contribution is 8.18. The highest BCUT2D eigenvalue weighted by atomic mass is 32.2. The quantitative estimate of drug-likeness (QED) is 0.484.